The van der Waals surface area contributed by atoms with E-state index in [-0.39, 0.29) is 31.0 Å². The molecular formula is C8H17NaO3S. The Kier molecular flexibility index (Phi) is 9.90. The Morgan fingerprint density at radius 2 is 2.00 bits per heavy atom. The molecule has 0 aliphatic heterocycles. The second-order valence-corrected chi connectivity index (χ2v) is 4.20. The standard InChI is InChI=1S/C8H16O3S.Na.H/c1-3-4-5-6-8(2)7-12(9,10)11;;/h7H,3-6H2,1-2H3,(H,9,10,11);;/q;+1;-1/b8-7+;;. The van der Waals surface area contributed by atoms with E-state index in [2.05, 4.69) is 6.92 Å². The molecule has 0 amide bonds. The maximum atomic E-state index is 10.4. The molecule has 0 aliphatic carbocycles. The summed E-state index contributed by atoms with van der Waals surface area (Å²) < 4.78 is 29.1. The van der Waals surface area contributed by atoms with E-state index in [1.165, 1.54) is 0 Å². The molecule has 0 unspecified atom stereocenters. The zero-order valence-electron chi connectivity index (χ0n) is 9.58. The molecule has 3 nitrogen and oxygen atoms in total. The van der Waals surface area contributed by atoms with Crippen LogP contribution in [0.4, 0.5) is 0 Å². The zero-order valence-corrected chi connectivity index (χ0v) is 11.4. The van der Waals surface area contributed by atoms with Crippen molar-refractivity contribution in [2.24, 2.45) is 0 Å². The molecule has 0 fully saturated rings. The molecule has 0 aromatic heterocycles. The van der Waals surface area contributed by atoms with E-state index < -0.39 is 10.1 Å². The Bertz CT molecular complexity index is 249. The van der Waals surface area contributed by atoms with Crippen LogP contribution in [0.2, 0.25) is 0 Å². The summed E-state index contributed by atoms with van der Waals surface area (Å²) in [6, 6.07) is 0. The summed E-state index contributed by atoms with van der Waals surface area (Å²) in [5.74, 6) is 0. The number of allylic oxidation sites excluding steroid dienone is 1. The first-order valence-electron chi connectivity index (χ1n) is 4.10. The fraction of sp³-hybridized carbons (Fsp3) is 0.750. The van der Waals surface area contributed by atoms with Gasteiger partial charge in [-0.25, -0.2) is 0 Å². The first-order chi connectivity index (χ1) is 5.45. The van der Waals surface area contributed by atoms with Crippen LogP contribution in [0, 0.1) is 0 Å². The normalized spacial score (nSPS) is 12.4. The Hall–Kier alpha value is 0.650. The van der Waals surface area contributed by atoms with E-state index in [0.29, 0.717) is 5.57 Å². The van der Waals surface area contributed by atoms with Crippen LogP contribution in [0.15, 0.2) is 11.0 Å². The molecule has 5 heteroatoms. The van der Waals surface area contributed by atoms with Crippen LogP contribution in [0.1, 0.15) is 41.0 Å². The molecule has 74 valence electrons. The molecular weight excluding hydrogens is 199 g/mol. The van der Waals surface area contributed by atoms with Crippen molar-refractivity contribution in [3.63, 3.8) is 0 Å². The minimum absolute atomic E-state index is 0. The van der Waals surface area contributed by atoms with E-state index in [1.807, 2.05) is 0 Å². The summed E-state index contributed by atoms with van der Waals surface area (Å²) >= 11 is 0. The summed E-state index contributed by atoms with van der Waals surface area (Å²) in [4.78, 5) is 0. The first-order valence-corrected chi connectivity index (χ1v) is 5.60. The topological polar surface area (TPSA) is 54.4 Å². The molecule has 0 spiro atoms. The van der Waals surface area contributed by atoms with E-state index in [1.54, 1.807) is 6.92 Å². The molecule has 1 N–H and O–H groups in total. The Labute approximate surface area is 104 Å². The van der Waals surface area contributed by atoms with Crippen molar-refractivity contribution in [3.05, 3.63) is 11.0 Å². The number of rotatable bonds is 5. The molecule has 0 aromatic carbocycles. The first kappa shape index (κ1) is 16.1. The molecule has 0 aromatic rings. The molecule has 0 rings (SSSR count). The Morgan fingerprint density at radius 1 is 1.46 bits per heavy atom. The minimum atomic E-state index is -3.92. The van der Waals surface area contributed by atoms with Crippen LogP contribution in [0.3, 0.4) is 0 Å². The summed E-state index contributed by atoms with van der Waals surface area (Å²) in [5, 5.41) is 0.919. The van der Waals surface area contributed by atoms with Gasteiger partial charge in [-0.3, -0.25) is 4.55 Å². The zero-order chi connectivity index (χ0) is 9.61. The second kappa shape index (κ2) is 8.00. The second-order valence-electron chi connectivity index (χ2n) is 2.94. The van der Waals surface area contributed by atoms with Crippen LogP contribution in [0.25, 0.3) is 0 Å². The van der Waals surface area contributed by atoms with Crippen LogP contribution in [-0.2, 0) is 10.1 Å². The third-order valence-corrected chi connectivity index (χ3v) is 2.23. The summed E-state index contributed by atoms with van der Waals surface area (Å²) in [6.45, 7) is 3.80. The Balaban J connectivity index is -0.000000605. The van der Waals surface area contributed by atoms with E-state index >= 15 is 0 Å². The van der Waals surface area contributed by atoms with Gasteiger partial charge in [0.1, 0.15) is 0 Å². The SMILES string of the molecule is CCCCC/C(C)=C/S(=O)(=O)O.[H-].[Na+]. The molecule has 0 bridgehead atoms. The maximum Gasteiger partial charge on any atom is 1.00 e. The van der Waals surface area contributed by atoms with Crippen molar-refractivity contribution in [3.8, 4) is 0 Å². The third kappa shape index (κ3) is 12.6. The van der Waals surface area contributed by atoms with Crippen molar-refractivity contribution in [2.45, 2.75) is 39.5 Å². The molecule has 0 aliphatic rings. The number of hydrogen-bond donors (Lipinski definition) is 1. The van der Waals surface area contributed by atoms with Crippen LogP contribution in [0.5, 0.6) is 0 Å². The van der Waals surface area contributed by atoms with Crippen molar-refractivity contribution >= 4 is 10.1 Å². The van der Waals surface area contributed by atoms with Gasteiger partial charge in [-0.2, -0.15) is 8.42 Å². The van der Waals surface area contributed by atoms with E-state index in [4.69, 9.17) is 4.55 Å². The minimum Gasteiger partial charge on any atom is -1.00 e. The molecule has 0 atom stereocenters. The van der Waals surface area contributed by atoms with Crippen molar-refractivity contribution in [1.29, 1.82) is 0 Å². The van der Waals surface area contributed by atoms with Gasteiger partial charge in [0.2, 0.25) is 0 Å². The van der Waals surface area contributed by atoms with Gasteiger partial charge in [-0.15, -0.1) is 0 Å². The van der Waals surface area contributed by atoms with Crippen LogP contribution < -0.4 is 29.6 Å². The molecule has 0 saturated heterocycles. The average Bonchev–Trinajstić information content (AvgIpc) is 1.84. The van der Waals surface area contributed by atoms with Gasteiger partial charge in [0, 0.05) is 0 Å². The predicted octanol–water partition coefficient (Wildman–Crippen LogP) is -0.525. The smallest absolute Gasteiger partial charge is 1.00 e. The molecule has 0 saturated carbocycles. The predicted molar refractivity (Wildman–Crippen MR) is 50.6 cm³/mol. The third-order valence-electron chi connectivity index (χ3n) is 1.52. The van der Waals surface area contributed by atoms with Gasteiger partial charge in [0.05, 0.1) is 5.41 Å². The van der Waals surface area contributed by atoms with Crippen molar-refractivity contribution in [2.75, 3.05) is 0 Å². The van der Waals surface area contributed by atoms with Gasteiger partial charge in [0.25, 0.3) is 10.1 Å². The fourth-order valence-corrected chi connectivity index (χ4v) is 1.59. The quantitative estimate of drug-likeness (QED) is 0.382. The average molecular weight is 216 g/mol. The van der Waals surface area contributed by atoms with Crippen molar-refractivity contribution < 1.29 is 44.0 Å². The van der Waals surface area contributed by atoms with Gasteiger partial charge in [-0.1, -0.05) is 25.3 Å². The number of unbranched alkanes of at least 4 members (excludes halogenated alkanes) is 2. The monoisotopic (exact) mass is 216 g/mol. The van der Waals surface area contributed by atoms with Crippen molar-refractivity contribution in [1.82, 2.24) is 0 Å². The molecule has 0 radical (unpaired) electrons. The van der Waals surface area contributed by atoms with E-state index in [9.17, 15) is 8.42 Å². The van der Waals surface area contributed by atoms with Gasteiger partial charge >= 0.3 is 29.6 Å². The number of hydrogen-bond acceptors (Lipinski definition) is 2. The van der Waals surface area contributed by atoms with Crippen LogP contribution >= 0.6 is 0 Å². The summed E-state index contributed by atoms with van der Waals surface area (Å²) in [6.07, 6.45) is 3.93. The van der Waals surface area contributed by atoms with Gasteiger partial charge < -0.3 is 1.43 Å². The summed E-state index contributed by atoms with van der Waals surface area (Å²) in [5.41, 5.74) is 0.714. The largest absolute Gasteiger partial charge is 1.00 e. The molecule has 13 heavy (non-hydrogen) atoms. The van der Waals surface area contributed by atoms with Gasteiger partial charge in [0.15, 0.2) is 0 Å². The Morgan fingerprint density at radius 3 is 2.38 bits per heavy atom. The summed E-state index contributed by atoms with van der Waals surface area (Å²) in [7, 11) is -3.92. The van der Waals surface area contributed by atoms with Gasteiger partial charge in [-0.05, 0) is 19.8 Å². The fourth-order valence-electron chi connectivity index (χ4n) is 0.967. The molecule has 0 heterocycles. The van der Waals surface area contributed by atoms with E-state index in [0.717, 1.165) is 31.1 Å². The maximum absolute atomic E-state index is 10.4. The van der Waals surface area contributed by atoms with Crippen LogP contribution in [-0.4, -0.2) is 13.0 Å².